The lowest BCUT2D eigenvalue weighted by Gasteiger charge is -2.22. The topological polar surface area (TPSA) is 33.0 Å². The summed E-state index contributed by atoms with van der Waals surface area (Å²) in [6.07, 6.45) is 0. The van der Waals surface area contributed by atoms with Crippen LogP contribution in [0.2, 0.25) is 0 Å². The first-order chi connectivity index (χ1) is 25.2. The minimum absolute atomic E-state index is 0.661. The number of fused-ring (bicyclic) bond motifs is 3. The fourth-order valence-electron chi connectivity index (χ4n) is 8.33. The third-order valence-electron chi connectivity index (χ3n) is 10.8. The number of hydrogen-bond acceptors (Lipinski definition) is 2. The van der Waals surface area contributed by atoms with E-state index in [0.29, 0.717) is 5.56 Å². The molecular weight excluding hydrogens is 619 g/mol. The van der Waals surface area contributed by atoms with Crippen molar-refractivity contribution >= 4 is 53.9 Å². The first kappa shape index (κ1) is 27.9. The molecule has 0 aromatic heterocycles. The number of nitriles is 1. The van der Waals surface area contributed by atoms with Gasteiger partial charge in [0.25, 0.3) is 0 Å². The molecule has 0 bridgehead atoms. The standard InChI is InChI=1S/C49H27NO/c50-28-39-18-20-44-43-19-17-34(27-46(43)51-45-10-4-9-42(39)49(44)45)31-7-3-8-32(22-31)40-23-35-13-15-37-25-41(26-38-16-14-36(24-40)47(35)48(37)38)33-12-11-29-5-1-2-6-30(29)21-33/h1-27H. The predicted octanol–water partition coefficient (Wildman–Crippen LogP) is 13.5. The van der Waals surface area contributed by atoms with Crippen LogP contribution in [0.25, 0.3) is 98.4 Å². The lowest BCUT2D eigenvalue weighted by Crippen LogP contribution is -1.98. The van der Waals surface area contributed by atoms with E-state index in [0.717, 1.165) is 44.5 Å². The van der Waals surface area contributed by atoms with E-state index in [2.05, 4.69) is 140 Å². The van der Waals surface area contributed by atoms with Gasteiger partial charge in [0.1, 0.15) is 11.5 Å². The van der Waals surface area contributed by atoms with Gasteiger partial charge in [0.15, 0.2) is 0 Å². The molecule has 11 rings (SSSR count). The van der Waals surface area contributed by atoms with E-state index in [4.69, 9.17) is 4.74 Å². The van der Waals surface area contributed by atoms with Gasteiger partial charge >= 0.3 is 0 Å². The zero-order chi connectivity index (χ0) is 33.6. The largest absolute Gasteiger partial charge is 0.456 e. The molecule has 0 saturated heterocycles. The molecular formula is C49H27NO. The van der Waals surface area contributed by atoms with Crippen molar-refractivity contribution in [3.8, 4) is 62.1 Å². The van der Waals surface area contributed by atoms with E-state index in [-0.39, 0.29) is 0 Å². The van der Waals surface area contributed by atoms with Crippen molar-refractivity contribution in [1.29, 1.82) is 5.26 Å². The van der Waals surface area contributed by atoms with Crippen LogP contribution in [0.15, 0.2) is 164 Å². The van der Waals surface area contributed by atoms with E-state index in [1.165, 1.54) is 65.3 Å². The lowest BCUT2D eigenvalue weighted by atomic mass is 9.88. The van der Waals surface area contributed by atoms with Gasteiger partial charge in [0.05, 0.1) is 11.6 Å². The van der Waals surface area contributed by atoms with Crippen molar-refractivity contribution in [2.24, 2.45) is 0 Å². The highest BCUT2D eigenvalue weighted by molar-refractivity contribution is 6.24. The average Bonchev–Trinajstić information content (AvgIpc) is 3.19. The van der Waals surface area contributed by atoms with Crippen molar-refractivity contribution in [3.63, 3.8) is 0 Å². The minimum Gasteiger partial charge on any atom is -0.456 e. The summed E-state index contributed by atoms with van der Waals surface area (Å²) in [4.78, 5) is 0. The molecule has 0 saturated carbocycles. The number of benzene rings is 10. The Kier molecular flexibility index (Phi) is 5.77. The Morgan fingerprint density at radius 1 is 0.353 bits per heavy atom. The molecule has 0 unspecified atom stereocenters. The van der Waals surface area contributed by atoms with Crippen molar-refractivity contribution in [1.82, 2.24) is 0 Å². The fourth-order valence-corrected chi connectivity index (χ4v) is 8.33. The summed E-state index contributed by atoms with van der Waals surface area (Å²) >= 11 is 0. The van der Waals surface area contributed by atoms with Gasteiger partial charge in [0, 0.05) is 16.3 Å². The third-order valence-corrected chi connectivity index (χ3v) is 10.8. The van der Waals surface area contributed by atoms with E-state index >= 15 is 0 Å². The molecule has 10 aromatic carbocycles. The molecule has 234 valence electrons. The van der Waals surface area contributed by atoms with Crippen molar-refractivity contribution in [2.45, 2.75) is 0 Å². The maximum atomic E-state index is 9.67. The SMILES string of the molecule is N#Cc1ccc2c3c(cccc13)Oc1cc(-c3cccc(-c4cc5ccc6cc(-c7ccc8ccccc8c7)cc7ccc(c4)c5c67)c3)ccc1-2. The first-order valence-electron chi connectivity index (χ1n) is 17.3. The summed E-state index contributed by atoms with van der Waals surface area (Å²) in [6.45, 7) is 0. The van der Waals surface area contributed by atoms with Gasteiger partial charge in [0.2, 0.25) is 0 Å². The highest BCUT2D eigenvalue weighted by Crippen LogP contribution is 2.48. The molecule has 0 amide bonds. The molecule has 10 aromatic rings. The van der Waals surface area contributed by atoms with Gasteiger partial charge in [-0.15, -0.1) is 0 Å². The van der Waals surface area contributed by atoms with Crippen LogP contribution in [0.3, 0.4) is 0 Å². The summed E-state index contributed by atoms with van der Waals surface area (Å²) in [5.74, 6) is 1.62. The van der Waals surface area contributed by atoms with Crippen LogP contribution in [-0.4, -0.2) is 0 Å². The van der Waals surface area contributed by atoms with E-state index in [1.807, 2.05) is 30.3 Å². The number of rotatable bonds is 3. The number of nitrogens with zero attached hydrogens (tertiary/aromatic N) is 1. The Balaban J connectivity index is 0.979. The third kappa shape index (κ3) is 4.22. The molecule has 0 N–H and O–H groups in total. The predicted molar refractivity (Wildman–Crippen MR) is 212 cm³/mol. The second-order valence-corrected chi connectivity index (χ2v) is 13.6. The van der Waals surface area contributed by atoms with Crippen LogP contribution in [0, 0.1) is 11.3 Å². The molecule has 1 heterocycles. The van der Waals surface area contributed by atoms with E-state index < -0.39 is 0 Å². The summed E-state index contributed by atoms with van der Waals surface area (Å²) in [6, 6.07) is 61.2. The maximum absolute atomic E-state index is 9.67. The highest BCUT2D eigenvalue weighted by Gasteiger charge is 2.22. The monoisotopic (exact) mass is 645 g/mol. The lowest BCUT2D eigenvalue weighted by molar-refractivity contribution is 0.487. The summed E-state index contributed by atoms with van der Waals surface area (Å²) in [7, 11) is 0. The fraction of sp³-hybridized carbons (Fsp3) is 0. The van der Waals surface area contributed by atoms with E-state index in [1.54, 1.807) is 0 Å². The maximum Gasteiger partial charge on any atom is 0.135 e. The minimum atomic E-state index is 0.661. The molecule has 2 nitrogen and oxygen atoms in total. The zero-order valence-corrected chi connectivity index (χ0v) is 27.4. The molecule has 0 aliphatic carbocycles. The van der Waals surface area contributed by atoms with Gasteiger partial charge in [-0.2, -0.15) is 5.26 Å². The van der Waals surface area contributed by atoms with Crippen molar-refractivity contribution < 1.29 is 4.74 Å². The Hall–Kier alpha value is -6.95. The zero-order valence-electron chi connectivity index (χ0n) is 27.4. The Labute approximate surface area is 294 Å². The van der Waals surface area contributed by atoms with Crippen LogP contribution in [0.1, 0.15) is 5.56 Å². The molecule has 1 aliphatic rings. The Morgan fingerprint density at radius 2 is 0.902 bits per heavy atom. The normalized spacial score (nSPS) is 12.1. The van der Waals surface area contributed by atoms with Gasteiger partial charge in [-0.25, -0.2) is 0 Å². The van der Waals surface area contributed by atoms with Crippen molar-refractivity contribution in [2.75, 3.05) is 0 Å². The van der Waals surface area contributed by atoms with Gasteiger partial charge < -0.3 is 4.74 Å². The van der Waals surface area contributed by atoms with Gasteiger partial charge in [-0.3, -0.25) is 0 Å². The number of ether oxygens (including phenoxy) is 1. The first-order valence-corrected chi connectivity index (χ1v) is 17.3. The van der Waals surface area contributed by atoms with Crippen LogP contribution in [-0.2, 0) is 0 Å². The molecule has 0 atom stereocenters. The summed E-state index contributed by atoms with van der Waals surface area (Å²) in [5, 5.41) is 21.8. The average molecular weight is 646 g/mol. The van der Waals surface area contributed by atoms with Gasteiger partial charge in [-0.05, 0) is 143 Å². The Bertz CT molecular complexity index is 3060. The molecule has 0 fully saturated rings. The van der Waals surface area contributed by atoms with Crippen LogP contribution in [0.4, 0.5) is 0 Å². The van der Waals surface area contributed by atoms with Gasteiger partial charge in [-0.1, -0.05) is 103 Å². The smallest absolute Gasteiger partial charge is 0.135 e. The second-order valence-electron chi connectivity index (χ2n) is 13.6. The summed E-state index contributed by atoms with van der Waals surface area (Å²) < 4.78 is 6.48. The molecule has 0 radical (unpaired) electrons. The quantitative estimate of drug-likeness (QED) is 0.179. The van der Waals surface area contributed by atoms with Crippen LogP contribution in [0.5, 0.6) is 11.5 Å². The Morgan fingerprint density at radius 3 is 1.61 bits per heavy atom. The molecule has 0 spiro atoms. The van der Waals surface area contributed by atoms with E-state index in [9.17, 15) is 5.26 Å². The molecule has 1 aliphatic heterocycles. The summed E-state index contributed by atoms with van der Waals surface area (Å²) in [5.41, 5.74) is 9.88. The molecule has 2 heteroatoms. The van der Waals surface area contributed by atoms with Crippen molar-refractivity contribution in [3.05, 3.63) is 169 Å². The van der Waals surface area contributed by atoms with Crippen LogP contribution < -0.4 is 4.74 Å². The second kappa shape index (κ2) is 10.5. The number of hydrogen-bond donors (Lipinski definition) is 0. The van der Waals surface area contributed by atoms with Crippen LogP contribution >= 0.6 is 0 Å². The molecule has 51 heavy (non-hydrogen) atoms. The highest BCUT2D eigenvalue weighted by atomic mass is 16.5.